The van der Waals surface area contributed by atoms with Crippen molar-refractivity contribution in [2.45, 2.75) is 89.6 Å². The topological polar surface area (TPSA) is 53.4 Å². The highest BCUT2D eigenvalue weighted by Gasteiger charge is 2.62. The first-order valence-corrected chi connectivity index (χ1v) is 17.4. The van der Waals surface area contributed by atoms with Gasteiger partial charge >= 0.3 is 5.97 Å². The molecule has 0 amide bonds. The van der Waals surface area contributed by atoms with Crippen molar-refractivity contribution in [3.63, 3.8) is 0 Å². The van der Waals surface area contributed by atoms with Gasteiger partial charge in [-0.3, -0.25) is 0 Å². The number of ether oxygens (including phenoxy) is 1. The van der Waals surface area contributed by atoms with Gasteiger partial charge in [0.25, 0.3) is 0 Å². The smallest absolute Gasteiger partial charge is 0.339 e. The Bertz CT molecular complexity index is 1450. The zero-order valence-electron chi connectivity index (χ0n) is 24.0. The van der Waals surface area contributed by atoms with Crippen molar-refractivity contribution in [3.8, 4) is 5.69 Å². The van der Waals surface area contributed by atoms with Crippen LogP contribution in [0.4, 0.5) is 4.39 Å². The van der Waals surface area contributed by atoms with Crippen LogP contribution in [0.5, 0.6) is 0 Å². The number of fused-ring (bicyclic) bond motifs is 3. The van der Waals surface area contributed by atoms with Crippen LogP contribution in [0.2, 0.25) is 18.1 Å². The molecule has 3 aromatic rings. The number of hydrogen-bond donors (Lipinski definition) is 0. The summed E-state index contributed by atoms with van der Waals surface area (Å²) >= 11 is 0. The third kappa shape index (κ3) is 4.04. The Balaban J connectivity index is 1.46. The first-order chi connectivity index (χ1) is 19.3. The normalized spacial score (nSPS) is 25.3. The lowest BCUT2D eigenvalue weighted by molar-refractivity contribution is -0.0718. The summed E-state index contributed by atoms with van der Waals surface area (Å²) in [4.78, 5) is 12.9. The third-order valence-electron chi connectivity index (χ3n) is 10.3. The predicted octanol–water partition coefficient (Wildman–Crippen LogP) is 8.20. The average Bonchev–Trinajstić information content (AvgIpc) is 3.63. The molecule has 0 bridgehead atoms. The Hall–Kier alpha value is -3.03. The Morgan fingerprint density at radius 3 is 2.50 bits per heavy atom. The molecule has 2 heterocycles. The predicted molar refractivity (Wildman–Crippen MR) is 157 cm³/mol. The van der Waals surface area contributed by atoms with Crippen molar-refractivity contribution >= 4 is 20.4 Å². The van der Waals surface area contributed by atoms with E-state index in [0.29, 0.717) is 12.0 Å². The lowest BCUT2D eigenvalue weighted by atomic mass is 9.62. The van der Waals surface area contributed by atoms with Gasteiger partial charge in [0.15, 0.2) is 8.32 Å². The van der Waals surface area contributed by atoms with Gasteiger partial charge in [0.1, 0.15) is 11.9 Å². The summed E-state index contributed by atoms with van der Waals surface area (Å²) in [7, 11) is -2.04. The minimum atomic E-state index is -2.04. The van der Waals surface area contributed by atoms with Crippen LogP contribution in [0.25, 0.3) is 11.8 Å². The van der Waals surface area contributed by atoms with Crippen molar-refractivity contribution < 1.29 is 18.3 Å². The summed E-state index contributed by atoms with van der Waals surface area (Å²) in [6.45, 7) is 9.14. The van der Waals surface area contributed by atoms with E-state index in [1.54, 1.807) is 12.1 Å². The molecule has 2 aliphatic carbocycles. The Kier molecular flexibility index (Phi) is 6.86. The SMILES string of the molecule is CC[C@]12Cc3cnn(-c4ccc(F)cc4)c3C=C1CC[C@]2(CC1OC(=O)c2ccccc21)O[Si](CC)(CC)CC. The lowest BCUT2D eigenvalue weighted by Gasteiger charge is -2.52. The summed E-state index contributed by atoms with van der Waals surface area (Å²) in [6.07, 6.45) is 8.26. The van der Waals surface area contributed by atoms with E-state index in [-0.39, 0.29) is 23.3 Å². The second-order valence-electron chi connectivity index (χ2n) is 11.8. The van der Waals surface area contributed by atoms with Crippen molar-refractivity contribution in [2.75, 3.05) is 0 Å². The molecule has 1 unspecified atom stereocenters. The highest BCUT2D eigenvalue weighted by molar-refractivity contribution is 6.73. The Morgan fingerprint density at radius 2 is 1.80 bits per heavy atom. The molecule has 1 aliphatic heterocycles. The molecule has 2 aromatic carbocycles. The van der Waals surface area contributed by atoms with E-state index < -0.39 is 13.9 Å². The molecule has 1 fully saturated rings. The lowest BCUT2D eigenvalue weighted by Crippen LogP contribution is -2.56. The van der Waals surface area contributed by atoms with E-state index in [2.05, 4.69) is 33.8 Å². The van der Waals surface area contributed by atoms with Crippen molar-refractivity contribution in [2.24, 2.45) is 5.41 Å². The van der Waals surface area contributed by atoms with E-state index in [1.165, 1.54) is 23.3 Å². The summed E-state index contributed by atoms with van der Waals surface area (Å²) in [5.41, 5.74) is 5.52. The highest BCUT2D eigenvalue weighted by Crippen LogP contribution is 2.63. The monoisotopic (exact) mass is 558 g/mol. The largest absolute Gasteiger partial charge is 0.454 e. The van der Waals surface area contributed by atoms with Crippen molar-refractivity contribution in [1.29, 1.82) is 0 Å². The molecular weight excluding hydrogens is 519 g/mol. The van der Waals surface area contributed by atoms with Crippen molar-refractivity contribution in [1.82, 2.24) is 9.78 Å². The van der Waals surface area contributed by atoms with Crippen LogP contribution in [0.15, 0.2) is 60.3 Å². The number of cyclic esters (lactones) is 1. The van der Waals surface area contributed by atoms with Gasteiger partial charge in [0, 0.05) is 17.4 Å². The van der Waals surface area contributed by atoms with Crippen LogP contribution in [0, 0.1) is 11.2 Å². The molecule has 6 rings (SSSR count). The summed E-state index contributed by atoms with van der Waals surface area (Å²) in [6, 6.07) is 17.5. The number of carbonyl (C=O) groups excluding carboxylic acids is 1. The van der Waals surface area contributed by atoms with E-state index in [0.717, 1.165) is 60.8 Å². The van der Waals surface area contributed by atoms with Gasteiger partial charge in [-0.25, -0.2) is 13.9 Å². The highest BCUT2D eigenvalue weighted by atomic mass is 28.4. The number of aromatic nitrogens is 2. The summed E-state index contributed by atoms with van der Waals surface area (Å²) in [5.74, 6) is -0.484. The van der Waals surface area contributed by atoms with Gasteiger partial charge in [-0.1, -0.05) is 51.5 Å². The molecule has 3 aliphatic rings. The van der Waals surface area contributed by atoms with E-state index in [4.69, 9.17) is 14.3 Å². The minimum absolute atomic E-state index is 0.210. The molecule has 0 saturated heterocycles. The van der Waals surface area contributed by atoms with Gasteiger partial charge < -0.3 is 9.16 Å². The number of rotatable bonds is 9. The first kappa shape index (κ1) is 27.2. The molecule has 210 valence electrons. The van der Waals surface area contributed by atoms with Gasteiger partial charge in [-0.15, -0.1) is 0 Å². The number of halogens is 1. The molecular formula is C33H39FN2O3Si. The fraction of sp³-hybridized carbons (Fsp3) is 0.455. The van der Waals surface area contributed by atoms with Crippen LogP contribution in [0.1, 0.15) is 86.7 Å². The molecule has 0 spiro atoms. The van der Waals surface area contributed by atoms with Crippen LogP contribution in [-0.2, 0) is 15.6 Å². The number of hydrogen-bond acceptors (Lipinski definition) is 4. The maximum atomic E-state index is 13.6. The average molecular weight is 559 g/mol. The summed E-state index contributed by atoms with van der Waals surface area (Å²) in [5, 5.41) is 4.75. The second kappa shape index (κ2) is 10.1. The van der Waals surface area contributed by atoms with E-state index in [1.807, 2.05) is 35.1 Å². The number of nitrogens with zero attached hydrogens (tertiary/aromatic N) is 2. The zero-order chi connectivity index (χ0) is 28.1. The van der Waals surface area contributed by atoms with Gasteiger partial charge in [0.05, 0.1) is 28.7 Å². The maximum Gasteiger partial charge on any atom is 0.339 e. The van der Waals surface area contributed by atoms with Crippen LogP contribution >= 0.6 is 0 Å². The Morgan fingerprint density at radius 1 is 1.07 bits per heavy atom. The molecule has 40 heavy (non-hydrogen) atoms. The van der Waals surface area contributed by atoms with E-state index >= 15 is 0 Å². The van der Waals surface area contributed by atoms with Gasteiger partial charge in [0.2, 0.25) is 0 Å². The first-order valence-electron chi connectivity index (χ1n) is 14.9. The standard InChI is InChI=1S/C33H39FN2O3Si/c1-5-32-20-23-22-35-36(26-15-13-25(34)14-16-26)29(23)19-24(32)17-18-33(32,39-40(6-2,7-3)8-4)21-30-27-11-9-10-12-28(27)31(37)38-30/h9-16,19,22,30H,5-8,17-18,20-21H2,1-4H3/t30?,32-,33+/m0/s1. The Labute approximate surface area is 237 Å². The third-order valence-corrected chi connectivity index (χ3v) is 15.0. The number of benzene rings is 2. The van der Waals surface area contributed by atoms with Gasteiger partial charge in [-0.05, 0) is 85.8 Å². The van der Waals surface area contributed by atoms with Crippen LogP contribution in [0.3, 0.4) is 0 Å². The molecule has 1 aromatic heterocycles. The number of carbonyl (C=O) groups is 1. The fourth-order valence-corrected chi connectivity index (χ4v) is 10.9. The van der Waals surface area contributed by atoms with Crippen LogP contribution < -0.4 is 0 Å². The number of esters is 1. The molecule has 0 radical (unpaired) electrons. The molecule has 7 heteroatoms. The fourth-order valence-electron chi connectivity index (χ4n) is 7.77. The quantitative estimate of drug-likeness (QED) is 0.196. The molecule has 3 atom stereocenters. The van der Waals surface area contributed by atoms with Gasteiger partial charge in [-0.2, -0.15) is 5.10 Å². The van der Waals surface area contributed by atoms with Crippen LogP contribution in [-0.4, -0.2) is 29.7 Å². The van der Waals surface area contributed by atoms with E-state index in [9.17, 15) is 9.18 Å². The van der Waals surface area contributed by atoms with Crippen molar-refractivity contribution in [3.05, 3.63) is 88.5 Å². The summed E-state index contributed by atoms with van der Waals surface area (Å²) < 4.78 is 29.3. The second-order valence-corrected chi connectivity index (χ2v) is 16.4. The molecule has 0 N–H and O–H groups in total. The molecule has 1 saturated carbocycles. The minimum Gasteiger partial charge on any atom is -0.454 e. The zero-order valence-corrected chi connectivity index (χ0v) is 25.0. The maximum absolute atomic E-state index is 13.6. The molecule has 5 nitrogen and oxygen atoms in total.